The van der Waals surface area contributed by atoms with Gasteiger partial charge in [0, 0.05) is 23.3 Å². The number of esters is 1. The zero-order valence-electron chi connectivity index (χ0n) is 19.0. The molecule has 0 fully saturated rings. The Morgan fingerprint density at radius 2 is 1.89 bits per heavy atom. The summed E-state index contributed by atoms with van der Waals surface area (Å²) in [6, 6.07) is 12.7. The Morgan fingerprint density at radius 1 is 1.17 bits per heavy atom. The predicted octanol–water partition coefficient (Wildman–Crippen LogP) is 4.02. The van der Waals surface area contributed by atoms with Gasteiger partial charge in [-0.3, -0.25) is 9.59 Å². The van der Waals surface area contributed by atoms with E-state index in [1.54, 1.807) is 11.6 Å². The van der Waals surface area contributed by atoms with Gasteiger partial charge in [-0.25, -0.2) is 9.48 Å². The second-order valence-corrected chi connectivity index (χ2v) is 8.09. The lowest BCUT2D eigenvalue weighted by atomic mass is 10.1. The summed E-state index contributed by atoms with van der Waals surface area (Å²) in [6.45, 7) is 3.12. The summed E-state index contributed by atoms with van der Waals surface area (Å²) in [5.74, 6) is -0.781. The molecule has 9 nitrogen and oxygen atoms in total. The van der Waals surface area contributed by atoms with Gasteiger partial charge < -0.3 is 19.5 Å². The van der Waals surface area contributed by atoms with Crippen molar-refractivity contribution in [2.45, 2.75) is 20.4 Å². The molecule has 0 aliphatic carbocycles. The molecule has 10 heteroatoms. The second kappa shape index (κ2) is 10.4. The van der Waals surface area contributed by atoms with Crippen LogP contribution in [0.15, 0.2) is 48.5 Å². The number of Topliss-reactive ketones (excluding diaryl/α,β-unsaturated/α-hetero) is 1. The van der Waals surface area contributed by atoms with E-state index in [0.29, 0.717) is 34.5 Å². The standard InChI is InChI=1S/C25H22ClN3O6/c1-15-18(25(26)29(28-15)12-17-6-4-3-5-7-17)8-9-24(32)33-13-23(31)27-20-11-22-21(34-14-35-22)10-19(20)16(2)30/h3-11H,12-14H2,1-2H3,(H,27,31)/b9-8+. The molecule has 4 rings (SSSR count). The van der Waals surface area contributed by atoms with Crippen LogP contribution in [0, 0.1) is 6.92 Å². The number of aromatic nitrogens is 2. The van der Waals surface area contributed by atoms with Crippen LogP contribution in [0.1, 0.15) is 34.1 Å². The second-order valence-electron chi connectivity index (χ2n) is 7.73. The molecule has 0 saturated carbocycles. The number of fused-ring (bicyclic) bond motifs is 1. The van der Waals surface area contributed by atoms with Crippen LogP contribution in [0.25, 0.3) is 6.08 Å². The number of benzene rings is 2. The minimum absolute atomic E-state index is 0.0304. The molecule has 35 heavy (non-hydrogen) atoms. The smallest absolute Gasteiger partial charge is 0.331 e. The van der Waals surface area contributed by atoms with Crippen molar-refractivity contribution in [3.8, 4) is 11.5 Å². The van der Waals surface area contributed by atoms with Crippen molar-refractivity contribution in [2.75, 3.05) is 18.7 Å². The lowest BCUT2D eigenvalue weighted by molar-refractivity contribution is -0.142. The Bertz CT molecular complexity index is 1320. The number of rotatable bonds is 8. The van der Waals surface area contributed by atoms with E-state index in [2.05, 4.69) is 10.4 Å². The number of amides is 1. The van der Waals surface area contributed by atoms with E-state index < -0.39 is 18.5 Å². The summed E-state index contributed by atoms with van der Waals surface area (Å²) in [5, 5.41) is 7.37. The molecule has 1 aliphatic rings. The number of ketones is 1. The fourth-order valence-electron chi connectivity index (χ4n) is 3.48. The fraction of sp³-hybridized carbons (Fsp3) is 0.200. The Balaban J connectivity index is 1.35. The summed E-state index contributed by atoms with van der Waals surface area (Å²) in [5.41, 5.74) is 2.76. The number of hydrogen-bond donors (Lipinski definition) is 1. The number of nitrogens with one attached hydrogen (secondary N) is 1. The first kappa shape index (κ1) is 24.0. The summed E-state index contributed by atoms with van der Waals surface area (Å²) >= 11 is 6.45. The molecule has 0 bridgehead atoms. The number of hydrogen-bond acceptors (Lipinski definition) is 7. The van der Waals surface area contributed by atoms with Gasteiger partial charge in [0.1, 0.15) is 5.15 Å². The van der Waals surface area contributed by atoms with Crippen LogP contribution in [0.3, 0.4) is 0 Å². The number of carbonyl (C=O) groups excluding carboxylic acids is 3. The van der Waals surface area contributed by atoms with Crippen molar-refractivity contribution < 1.29 is 28.6 Å². The largest absolute Gasteiger partial charge is 0.454 e. The first-order valence-electron chi connectivity index (χ1n) is 10.7. The molecule has 0 unspecified atom stereocenters. The van der Waals surface area contributed by atoms with Gasteiger partial charge in [-0.15, -0.1) is 0 Å². The van der Waals surface area contributed by atoms with Gasteiger partial charge in [-0.05, 0) is 31.6 Å². The SMILES string of the molecule is CC(=O)c1cc2c(cc1NC(=O)COC(=O)/C=C/c1c(C)nn(Cc3ccccc3)c1Cl)OCO2. The topological polar surface area (TPSA) is 109 Å². The Morgan fingerprint density at radius 3 is 2.60 bits per heavy atom. The van der Waals surface area contributed by atoms with Gasteiger partial charge in [0.2, 0.25) is 6.79 Å². The molecule has 180 valence electrons. The molecule has 3 aromatic rings. The van der Waals surface area contributed by atoms with Gasteiger partial charge in [0.25, 0.3) is 5.91 Å². The zero-order chi connectivity index (χ0) is 24.9. The molecule has 0 saturated heterocycles. The van der Waals surface area contributed by atoms with Crippen molar-refractivity contribution in [2.24, 2.45) is 0 Å². The highest BCUT2D eigenvalue weighted by Gasteiger charge is 2.20. The molecular weight excluding hydrogens is 474 g/mol. The third-order valence-corrected chi connectivity index (χ3v) is 5.58. The molecule has 0 atom stereocenters. The minimum Gasteiger partial charge on any atom is -0.454 e. The van der Waals surface area contributed by atoms with Gasteiger partial charge in [0.15, 0.2) is 23.9 Å². The van der Waals surface area contributed by atoms with Gasteiger partial charge in [-0.2, -0.15) is 5.10 Å². The first-order chi connectivity index (χ1) is 16.8. The van der Waals surface area contributed by atoms with E-state index in [4.69, 9.17) is 25.8 Å². The van der Waals surface area contributed by atoms with E-state index >= 15 is 0 Å². The van der Waals surface area contributed by atoms with Crippen LogP contribution in [0.4, 0.5) is 5.69 Å². The van der Waals surface area contributed by atoms with Crippen LogP contribution in [-0.2, 0) is 20.9 Å². The molecule has 0 radical (unpaired) electrons. The van der Waals surface area contributed by atoms with E-state index in [9.17, 15) is 14.4 Å². The van der Waals surface area contributed by atoms with Crippen molar-refractivity contribution >= 4 is 41.0 Å². The minimum atomic E-state index is -0.732. The molecular formula is C25H22ClN3O6. The van der Waals surface area contributed by atoms with Gasteiger partial charge in [-0.1, -0.05) is 41.9 Å². The highest BCUT2D eigenvalue weighted by Crippen LogP contribution is 2.37. The number of halogens is 1. The van der Waals surface area contributed by atoms with Gasteiger partial charge in [0.05, 0.1) is 17.9 Å². The summed E-state index contributed by atoms with van der Waals surface area (Å²) in [4.78, 5) is 36.4. The van der Waals surface area contributed by atoms with Crippen LogP contribution in [0.2, 0.25) is 5.15 Å². The molecule has 2 aromatic carbocycles. The summed E-state index contributed by atoms with van der Waals surface area (Å²) in [6.07, 6.45) is 2.68. The summed E-state index contributed by atoms with van der Waals surface area (Å²) < 4.78 is 17.2. The third-order valence-electron chi connectivity index (χ3n) is 5.18. The summed E-state index contributed by atoms with van der Waals surface area (Å²) in [7, 11) is 0. The third kappa shape index (κ3) is 5.70. The Labute approximate surface area is 206 Å². The highest BCUT2D eigenvalue weighted by atomic mass is 35.5. The Kier molecular flexibility index (Phi) is 7.17. The van der Waals surface area contributed by atoms with Crippen molar-refractivity contribution in [3.05, 3.63) is 76.1 Å². The molecule has 0 spiro atoms. The maximum Gasteiger partial charge on any atom is 0.331 e. The fourth-order valence-corrected chi connectivity index (χ4v) is 3.77. The van der Waals surface area contributed by atoms with Crippen LogP contribution >= 0.6 is 11.6 Å². The van der Waals surface area contributed by atoms with E-state index in [0.717, 1.165) is 5.56 Å². The molecule has 1 aliphatic heterocycles. The number of carbonyl (C=O) groups is 3. The van der Waals surface area contributed by atoms with Crippen LogP contribution in [-0.4, -0.2) is 40.8 Å². The van der Waals surface area contributed by atoms with Gasteiger partial charge >= 0.3 is 5.97 Å². The lowest BCUT2D eigenvalue weighted by Gasteiger charge is -2.10. The molecule has 1 amide bonds. The van der Waals surface area contributed by atoms with Crippen molar-refractivity contribution in [3.63, 3.8) is 0 Å². The van der Waals surface area contributed by atoms with Crippen molar-refractivity contribution in [1.82, 2.24) is 9.78 Å². The number of aryl methyl sites for hydroxylation is 1. The normalized spacial score (nSPS) is 12.1. The van der Waals surface area contributed by atoms with Crippen LogP contribution < -0.4 is 14.8 Å². The molecule has 2 heterocycles. The lowest BCUT2D eigenvalue weighted by Crippen LogP contribution is -2.21. The number of anilines is 1. The highest BCUT2D eigenvalue weighted by molar-refractivity contribution is 6.31. The maximum absolute atomic E-state index is 12.3. The molecule has 1 N–H and O–H groups in total. The zero-order valence-corrected chi connectivity index (χ0v) is 19.8. The van der Waals surface area contributed by atoms with E-state index in [1.165, 1.54) is 31.2 Å². The predicted molar refractivity (Wildman–Crippen MR) is 129 cm³/mol. The number of nitrogens with zero attached hydrogens (tertiary/aromatic N) is 2. The number of ether oxygens (including phenoxy) is 3. The molecule has 1 aromatic heterocycles. The van der Waals surface area contributed by atoms with E-state index in [-0.39, 0.29) is 23.8 Å². The van der Waals surface area contributed by atoms with Crippen molar-refractivity contribution in [1.29, 1.82) is 0 Å². The average Bonchev–Trinajstić information content (AvgIpc) is 3.39. The average molecular weight is 496 g/mol. The maximum atomic E-state index is 12.3. The van der Waals surface area contributed by atoms with Crippen LogP contribution in [0.5, 0.6) is 11.5 Å². The monoisotopic (exact) mass is 495 g/mol. The van der Waals surface area contributed by atoms with E-state index in [1.807, 2.05) is 30.3 Å². The first-order valence-corrected chi connectivity index (χ1v) is 11.1. The Hall–Kier alpha value is -4.11. The quantitative estimate of drug-likeness (QED) is 0.285.